The minimum absolute atomic E-state index is 0.286. The number of guanidine groups is 1. The second-order valence-corrected chi connectivity index (χ2v) is 5.82. The van der Waals surface area contributed by atoms with E-state index in [1.165, 1.54) is 18.5 Å². The van der Waals surface area contributed by atoms with E-state index in [4.69, 9.17) is 4.42 Å². The Balaban J connectivity index is 1.54. The van der Waals surface area contributed by atoms with Gasteiger partial charge in [0.25, 0.3) is 0 Å². The molecule has 2 aromatic heterocycles. The molecule has 27 heavy (non-hydrogen) atoms. The molecule has 0 aliphatic carbocycles. The summed E-state index contributed by atoms with van der Waals surface area (Å²) in [5.41, 5.74) is 1.56. The number of aryl methyl sites for hydroxylation is 1. The predicted octanol–water partition coefficient (Wildman–Crippen LogP) is 1.91. The highest BCUT2D eigenvalue weighted by Crippen LogP contribution is 2.18. The van der Waals surface area contributed by atoms with Gasteiger partial charge in [-0.1, -0.05) is 0 Å². The van der Waals surface area contributed by atoms with Gasteiger partial charge in [0, 0.05) is 32.1 Å². The van der Waals surface area contributed by atoms with Gasteiger partial charge in [0.05, 0.1) is 5.69 Å². The lowest BCUT2D eigenvalue weighted by atomic mass is 10.2. The van der Waals surface area contributed by atoms with E-state index in [2.05, 4.69) is 30.7 Å². The van der Waals surface area contributed by atoms with E-state index >= 15 is 0 Å². The maximum absolute atomic E-state index is 13.0. The van der Waals surface area contributed by atoms with Crippen LogP contribution in [-0.4, -0.2) is 38.8 Å². The predicted molar refractivity (Wildman–Crippen MR) is 99.4 cm³/mol. The average molecular weight is 371 g/mol. The van der Waals surface area contributed by atoms with Gasteiger partial charge in [0.1, 0.15) is 30.8 Å². The Morgan fingerprint density at radius 2 is 2.07 bits per heavy atom. The molecular weight excluding hydrogens is 349 g/mol. The molecule has 0 aliphatic rings. The van der Waals surface area contributed by atoms with Gasteiger partial charge < -0.3 is 15.1 Å². The van der Waals surface area contributed by atoms with Crippen LogP contribution in [0.15, 0.2) is 46.3 Å². The zero-order chi connectivity index (χ0) is 19.1. The van der Waals surface area contributed by atoms with E-state index in [1.54, 1.807) is 23.1 Å². The van der Waals surface area contributed by atoms with Crippen molar-refractivity contribution in [3.63, 3.8) is 0 Å². The Hall–Kier alpha value is -3.23. The van der Waals surface area contributed by atoms with Crippen molar-refractivity contribution in [2.24, 2.45) is 12.0 Å². The van der Waals surface area contributed by atoms with Crippen molar-refractivity contribution >= 4 is 5.96 Å². The van der Waals surface area contributed by atoms with Crippen LogP contribution in [0.25, 0.3) is 11.5 Å². The molecule has 142 valence electrons. The number of nitrogens with zero attached hydrogens (tertiary/aromatic N) is 5. The number of nitrogens with one attached hydrogen (secondary N) is 2. The van der Waals surface area contributed by atoms with Gasteiger partial charge in [-0.15, -0.1) is 0 Å². The molecule has 0 amide bonds. The first-order valence-corrected chi connectivity index (χ1v) is 8.71. The molecule has 3 aromatic rings. The largest absolute Gasteiger partial charge is 0.444 e. The molecule has 9 heteroatoms. The first-order chi connectivity index (χ1) is 13.2. The van der Waals surface area contributed by atoms with Gasteiger partial charge in [-0.3, -0.25) is 4.68 Å². The smallest absolute Gasteiger partial charge is 0.226 e. The summed E-state index contributed by atoms with van der Waals surface area (Å²) in [6.45, 7) is 3.83. The molecule has 8 nitrogen and oxygen atoms in total. The summed E-state index contributed by atoms with van der Waals surface area (Å²) in [5.74, 6) is 1.68. The summed E-state index contributed by atoms with van der Waals surface area (Å²) >= 11 is 0. The average Bonchev–Trinajstić information content (AvgIpc) is 3.29. The van der Waals surface area contributed by atoms with E-state index in [0.29, 0.717) is 31.4 Å². The monoisotopic (exact) mass is 371 g/mol. The van der Waals surface area contributed by atoms with Gasteiger partial charge in [0.15, 0.2) is 5.96 Å². The highest BCUT2D eigenvalue weighted by Gasteiger charge is 2.07. The van der Waals surface area contributed by atoms with Crippen molar-refractivity contribution < 1.29 is 8.81 Å². The fourth-order valence-electron chi connectivity index (χ4n) is 2.41. The molecule has 0 radical (unpaired) electrons. The van der Waals surface area contributed by atoms with E-state index in [1.807, 2.05) is 14.0 Å². The molecule has 0 unspecified atom stereocenters. The van der Waals surface area contributed by atoms with Crippen molar-refractivity contribution in [1.82, 2.24) is 30.4 Å². The molecule has 3 rings (SSSR count). The van der Waals surface area contributed by atoms with Crippen molar-refractivity contribution in [2.75, 3.05) is 13.1 Å². The van der Waals surface area contributed by atoms with Crippen molar-refractivity contribution in [3.05, 3.63) is 54.2 Å². The second kappa shape index (κ2) is 8.93. The SMILES string of the molecule is CCNC(=NCc1ncnn1C)NCCc1coc(-c2ccc(F)cc2)n1. The fraction of sp³-hybridized carbons (Fsp3) is 0.333. The maximum atomic E-state index is 13.0. The maximum Gasteiger partial charge on any atom is 0.226 e. The van der Waals surface area contributed by atoms with E-state index in [0.717, 1.165) is 23.6 Å². The third-order valence-electron chi connectivity index (χ3n) is 3.84. The Morgan fingerprint density at radius 3 is 2.78 bits per heavy atom. The van der Waals surface area contributed by atoms with E-state index in [-0.39, 0.29) is 5.82 Å². The van der Waals surface area contributed by atoms with Crippen LogP contribution in [-0.2, 0) is 20.0 Å². The van der Waals surface area contributed by atoms with Crippen molar-refractivity contribution in [1.29, 1.82) is 0 Å². The lowest BCUT2D eigenvalue weighted by molar-refractivity contribution is 0.571. The number of oxazole rings is 1. The number of hydrogen-bond acceptors (Lipinski definition) is 5. The molecule has 0 atom stereocenters. The lowest BCUT2D eigenvalue weighted by Crippen LogP contribution is -2.38. The summed E-state index contributed by atoms with van der Waals surface area (Å²) in [4.78, 5) is 13.1. The van der Waals surface area contributed by atoms with Crippen LogP contribution in [0.1, 0.15) is 18.4 Å². The molecule has 2 heterocycles. The molecule has 1 aromatic carbocycles. The highest BCUT2D eigenvalue weighted by molar-refractivity contribution is 5.79. The topological polar surface area (TPSA) is 93.2 Å². The van der Waals surface area contributed by atoms with E-state index in [9.17, 15) is 4.39 Å². The Kier molecular flexibility index (Phi) is 6.14. The molecule has 0 bridgehead atoms. The fourth-order valence-corrected chi connectivity index (χ4v) is 2.41. The van der Waals surface area contributed by atoms with Gasteiger partial charge in [-0.2, -0.15) is 5.10 Å². The number of halogens is 1. The Bertz CT molecular complexity index is 885. The standard InChI is InChI=1S/C18H22FN7O/c1-3-20-18(22-10-16-23-12-24-26(16)2)21-9-8-15-11-27-17(25-15)13-4-6-14(19)7-5-13/h4-7,11-12H,3,8-10H2,1-2H3,(H2,20,21,22). The van der Waals surface area contributed by atoms with Crippen LogP contribution in [0.5, 0.6) is 0 Å². The number of aliphatic imine (C=N–C) groups is 1. The van der Waals surface area contributed by atoms with Gasteiger partial charge in [-0.25, -0.2) is 19.4 Å². The molecule has 0 fully saturated rings. The van der Waals surface area contributed by atoms with Gasteiger partial charge >= 0.3 is 0 Å². The quantitative estimate of drug-likeness (QED) is 0.487. The molecule has 0 saturated carbocycles. The first-order valence-electron chi connectivity index (χ1n) is 8.71. The van der Waals surface area contributed by atoms with Crippen molar-refractivity contribution in [3.8, 4) is 11.5 Å². The molecule has 2 N–H and O–H groups in total. The van der Waals surface area contributed by atoms with Crippen LogP contribution in [0, 0.1) is 5.82 Å². The van der Waals surface area contributed by atoms with Crippen LogP contribution < -0.4 is 10.6 Å². The molecule has 0 aliphatic heterocycles. The number of hydrogen-bond donors (Lipinski definition) is 2. The van der Waals surface area contributed by atoms with Gasteiger partial charge in [-0.05, 0) is 31.2 Å². The summed E-state index contributed by atoms with van der Waals surface area (Å²) in [5, 5.41) is 10.5. The summed E-state index contributed by atoms with van der Waals surface area (Å²) in [6.07, 6.45) is 3.79. The van der Waals surface area contributed by atoms with E-state index < -0.39 is 0 Å². The minimum atomic E-state index is -0.286. The summed E-state index contributed by atoms with van der Waals surface area (Å²) < 4.78 is 20.2. The number of benzene rings is 1. The van der Waals surface area contributed by atoms with Crippen LogP contribution >= 0.6 is 0 Å². The lowest BCUT2D eigenvalue weighted by Gasteiger charge is -2.10. The zero-order valence-electron chi connectivity index (χ0n) is 15.3. The zero-order valence-corrected chi connectivity index (χ0v) is 15.3. The third kappa shape index (κ3) is 5.13. The molecule has 0 spiro atoms. The number of rotatable bonds is 7. The second-order valence-electron chi connectivity index (χ2n) is 5.82. The third-order valence-corrected chi connectivity index (χ3v) is 3.84. The van der Waals surface area contributed by atoms with Gasteiger partial charge in [0.2, 0.25) is 5.89 Å². The summed E-state index contributed by atoms with van der Waals surface area (Å²) in [6, 6.07) is 6.06. The molecule has 0 saturated heterocycles. The normalized spacial score (nSPS) is 11.6. The number of aromatic nitrogens is 4. The van der Waals surface area contributed by atoms with Crippen LogP contribution in [0.2, 0.25) is 0 Å². The molecular formula is C18H22FN7O. The Morgan fingerprint density at radius 1 is 1.26 bits per heavy atom. The minimum Gasteiger partial charge on any atom is -0.444 e. The van der Waals surface area contributed by atoms with Crippen LogP contribution in [0.3, 0.4) is 0 Å². The summed E-state index contributed by atoms with van der Waals surface area (Å²) in [7, 11) is 1.83. The Labute approximate surface area is 156 Å². The highest BCUT2D eigenvalue weighted by atomic mass is 19.1. The van der Waals surface area contributed by atoms with Crippen LogP contribution in [0.4, 0.5) is 4.39 Å². The first kappa shape index (κ1) is 18.6. The van der Waals surface area contributed by atoms with Crippen molar-refractivity contribution in [2.45, 2.75) is 19.9 Å².